The molecule has 1 aromatic carbocycles. The second kappa shape index (κ2) is 5.90. The molecule has 0 radical (unpaired) electrons. The molecule has 2 aromatic heterocycles. The zero-order valence-corrected chi connectivity index (χ0v) is 15.0. The molecule has 0 bridgehead atoms. The smallest absolute Gasteiger partial charge is 0.205 e. The van der Waals surface area contributed by atoms with Gasteiger partial charge in [-0.1, -0.05) is 32.4 Å². The molecule has 0 saturated carbocycles. The predicted octanol–water partition coefficient (Wildman–Crippen LogP) is 4.74. The van der Waals surface area contributed by atoms with Crippen molar-refractivity contribution in [3.8, 4) is 5.75 Å². The van der Waals surface area contributed by atoms with Crippen molar-refractivity contribution in [2.45, 2.75) is 33.1 Å². The maximum Gasteiger partial charge on any atom is 0.205 e. The van der Waals surface area contributed by atoms with Crippen LogP contribution in [0.2, 0.25) is 5.02 Å². The summed E-state index contributed by atoms with van der Waals surface area (Å²) in [4.78, 5) is 0. The highest BCUT2D eigenvalue weighted by Crippen LogP contribution is 2.37. The first kappa shape index (κ1) is 16.4. The Morgan fingerprint density at radius 1 is 1.21 bits per heavy atom. The third-order valence-electron chi connectivity index (χ3n) is 3.65. The molecular formula is C16H19ClN6O. The average molecular weight is 347 g/mol. The number of nitrogens with zero attached hydrogens (tertiary/aromatic N) is 5. The van der Waals surface area contributed by atoms with Crippen molar-refractivity contribution in [3.05, 3.63) is 34.7 Å². The summed E-state index contributed by atoms with van der Waals surface area (Å²) in [7, 11) is 1.58. The minimum Gasteiger partial charge on any atom is -0.494 e. The maximum atomic E-state index is 6.05. The van der Waals surface area contributed by atoms with Gasteiger partial charge in [0.1, 0.15) is 17.3 Å². The molecule has 0 saturated heterocycles. The van der Waals surface area contributed by atoms with Gasteiger partial charge < -0.3 is 4.74 Å². The Balaban J connectivity index is 2.14. The summed E-state index contributed by atoms with van der Waals surface area (Å²) in [6.45, 7) is 8.17. The molecule has 0 aliphatic carbocycles. The molecule has 126 valence electrons. The zero-order chi connectivity index (χ0) is 17.5. The fraction of sp³-hybridized carbons (Fsp3) is 0.375. The van der Waals surface area contributed by atoms with Crippen molar-refractivity contribution >= 4 is 28.6 Å². The van der Waals surface area contributed by atoms with Gasteiger partial charge in [0.15, 0.2) is 5.69 Å². The Hall–Kier alpha value is -2.41. The van der Waals surface area contributed by atoms with E-state index in [2.05, 4.69) is 46.3 Å². The van der Waals surface area contributed by atoms with Crippen LogP contribution in [0, 0.1) is 6.92 Å². The lowest BCUT2D eigenvalue weighted by atomic mass is 9.91. The number of nitrogens with one attached hydrogen (secondary N) is 1. The second-order valence-corrected chi connectivity index (χ2v) is 6.94. The Morgan fingerprint density at radius 3 is 2.62 bits per heavy atom. The summed E-state index contributed by atoms with van der Waals surface area (Å²) in [5.41, 5.74) is 2.63. The normalized spacial score (nSPS) is 12.4. The number of halogens is 1. The molecule has 0 atom stereocenters. The van der Waals surface area contributed by atoms with Crippen LogP contribution in [-0.2, 0) is 5.41 Å². The number of aromatic nitrogens is 4. The van der Waals surface area contributed by atoms with Crippen LogP contribution in [0.15, 0.2) is 28.4 Å². The van der Waals surface area contributed by atoms with E-state index in [0.717, 1.165) is 11.5 Å². The number of ether oxygens (including phenoxy) is 1. The molecule has 3 aromatic rings. The highest BCUT2D eigenvalue weighted by molar-refractivity contribution is 6.30. The molecule has 3 rings (SSSR count). The van der Waals surface area contributed by atoms with Crippen molar-refractivity contribution < 1.29 is 4.74 Å². The lowest BCUT2D eigenvalue weighted by Gasteiger charge is -2.16. The monoisotopic (exact) mass is 346 g/mol. The Kier molecular flexibility index (Phi) is 4.04. The topological polar surface area (TPSA) is 79.9 Å². The number of methoxy groups -OCH3 is 1. The maximum absolute atomic E-state index is 6.05. The van der Waals surface area contributed by atoms with E-state index in [-0.39, 0.29) is 5.41 Å². The molecular weight excluding hydrogens is 328 g/mol. The van der Waals surface area contributed by atoms with Crippen LogP contribution in [0.3, 0.4) is 0 Å². The number of azo groups is 1. The van der Waals surface area contributed by atoms with Crippen molar-refractivity contribution in [1.29, 1.82) is 0 Å². The Morgan fingerprint density at radius 2 is 1.96 bits per heavy atom. The van der Waals surface area contributed by atoms with Gasteiger partial charge in [-0.05, 0) is 25.1 Å². The molecule has 7 nitrogen and oxygen atoms in total. The highest BCUT2D eigenvalue weighted by atomic mass is 35.5. The van der Waals surface area contributed by atoms with E-state index in [1.165, 1.54) is 0 Å². The summed E-state index contributed by atoms with van der Waals surface area (Å²) in [5, 5.41) is 20.9. The van der Waals surface area contributed by atoms with E-state index >= 15 is 0 Å². The SMILES string of the molecule is COc1ccc(Cl)cc1N=Nc1c(C(C)(C)C)[nH]n2c(C)nnc12. The number of H-pyrrole nitrogens is 1. The number of hydrogen-bond acceptors (Lipinski definition) is 5. The number of hydrogen-bond donors (Lipinski definition) is 1. The Labute approximate surface area is 144 Å². The van der Waals surface area contributed by atoms with Gasteiger partial charge in [0.25, 0.3) is 0 Å². The minimum absolute atomic E-state index is 0.153. The summed E-state index contributed by atoms with van der Waals surface area (Å²) in [5.74, 6) is 1.36. The number of rotatable bonds is 3. The van der Waals surface area contributed by atoms with Crippen LogP contribution in [0.4, 0.5) is 11.4 Å². The number of benzene rings is 1. The number of fused-ring (bicyclic) bond motifs is 1. The lowest BCUT2D eigenvalue weighted by molar-refractivity contribution is 0.416. The predicted molar refractivity (Wildman–Crippen MR) is 93.0 cm³/mol. The molecule has 8 heteroatoms. The van der Waals surface area contributed by atoms with Crippen LogP contribution in [0.5, 0.6) is 5.75 Å². The summed E-state index contributed by atoms with van der Waals surface area (Å²) >= 11 is 6.05. The molecule has 24 heavy (non-hydrogen) atoms. The van der Waals surface area contributed by atoms with Gasteiger partial charge in [0.2, 0.25) is 5.65 Å². The summed E-state index contributed by atoms with van der Waals surface area (Å²) < 4.78 is 7.12. The van der Waals surface area contributed by atoms with Crippen LogP contribution in [-0.4, -0.2) is 26.9 Å². The van der Waals surface area contributed by atoms with E-state index in [4.69, 9.17) is 16.3 Å². The van der Waals surface area contributed by atoms with Crippen LogP contribution >= 0.6 is 11.6 Å². The fourth-order valence-corrected chi connectivity index (χ4v) is 2.56. The zero-order valence-electron chi connectivity index (χ0n) is 14.3. The molecule has 0 spiro atoms. The van der Waals surface area contributed by atoms with Crippen molar-refractivity contribution in [1.82, 2.24) is 19.8 Å². The van der Waals surface area contributed by atoms with Crippen molar-refractivity contribution in [2.24, 2.45) is 10.2 Å². The minimum atomic E-state index is -0.153. The molecule has 0 amide bonds. The molecule has 0 aliphatic rings. The fourth-order valence-electron chi connectivity index (χ4n) is 2.39. The van der Waals surface area contributed by atoms with Gasteiger partial charge in [-0.2, -0.15) is 0 Å². The van der Waals surface area contributed by atoms with E-state index in [1.54, 1.807) is 25.3 Å². The third-order valence-corrected chi connectivity index (χ3v) is 3.88. The van der Waals surface area contributed by atoms with Gasteiger partial charge >= 0.3 is 0 Å². The molecule has 2 heterocycles. The summed E-state index contributed by atoms with van der Waals surface area (Å²) in [6.07, 6.45) is 0. The van der Waals surface area contributed by atoms with E-state index < -0.39 is 0 Å². The summed E-state index contributed by atoms with van der Waals surface area (Å²) in [6, 6.07) is 5.21. The first-order valence-electron chi connectivity index (χ1n) is 7.50. The Bertz CT molecular complexity index is 919. The van der Waals surface area contributed by atoms with Gasteiger partial charge in [-0.25, -0.2) is 4.52 Å². The molecule has 0 aliphatic heterocycles. The number of aromatic amines is 1. The van der Waals surface area contributed by atoms with Gasteiger partial charge in [0.05, 0.1) is 12.8 Å². The standard InChI is InChI=1S/C16H19ClN6O/c1-9-18-21-15-13(14(16(2,3)4)22-23(9)15)20-19-11-8-10(17)6-7-12(11)24-5/h6-8,22H,1-5H3. The molecule has 0 fully saturated rings. The molecule has 0 unspecified atom stereocenters. The van der Waals surface area contributed by atoms with Crippen molar-refractivity contribution in [3.63, 3.8) is 0 Å². The van der Waals surface area contributed by atoms with Crippen molar-refractivity contribution in [2.75, 3.05) is 7.11 Å². The first-order valence-corrected chi connectivity index (χ1v) is 7.88. The first-order chi connectivity index (χ1) is 11.3. The van der Waals surface area contributed by atoms with E-state index in [0.29, 0.717) is 27.8 Å². The van der Waals surface area contributed by atoms with Crippen LogP contribution < -0.4 is 4.74 Å². The highest BCUT2D eigenvalue weighted by Gasteiger charge is 2.25. The van der Waals surface area contributed by atoms with E-state index in [9.17, 15) is 0 Å². The number of aryl methyl sites for hydroxylation is 1. The largest absolute Gasteiger partial charge is 0.494 e. The quantitative estimate of drug-likeness (QED) is 0.695. The van der Waals surface area contributed by atoms with Gasteiger partial charge in [-0.3, -0.25) is 5.10 Å². The second-order valence-electron chi connectivity index (χ2n) is 6.51. The van der Waals surface area contributed by atoms with Gasteiger partial charge in [0, 0.05) is 10.4 Å². The van der Waals surface area contributed by atoms with Crippen LogP contribution in [0.25, 0.3) is 5.65 Å². The van der Waals surface area contributed by atoms with Gasteiger partial charge in [-0.15, -0.1) is 20.4 Å². The molecule has 1 N–H and O–H groups in total. The third kappa shape index (κ3) is 2.87. The van der Waals surface area contributed by atoms with Crippen LogP contribution in [0.1, 0.15) is 32.3 Å². The lowest BCUT2D eigenvalue weighted by Crippen LogP contribution is -2.12. The van der Waals surface area contributed by atoms with E-state index in [1.807, 2.05) is 11.4 Å². The average Bonchev–Trinajstić information content (AvgIpc) is 3.05.